The molecule has 0 aromatic carbocycles. The maximum absolute atomic E-state index is 10.9. The first-order chi connectivity index (χ1) is 4.81. The highest BCUT2D eigenvalue weighted by Gasteiger charge is 2.40. The van der Waals surface area contributed by atoms with Crippen LogP contribution in [0.1, 0.15) is 12.8 Å². The van der Waals surface area contributed by atoms with E-state index in [9.17, 15) is 4.79 Å². The molecule has 1 spiro atoms. The molecule has 1 amide bonds. The van der Waals surface area contributed by atoms with Gasteiger partial charge in [-0.15, -0.1) is 0 Å². The van der Waals surface area contributed by atoms with Gasteiger partial charge in [-0.2, -0.15) is 11.8 Å². The van der Waals surface area contributed by atoms with Crippen molar-refractivity contribution in [3.05, 3.63) is 0 Å². The van der Waals surface area contributed by atoms with Crippen LogP contribution in [-0.2, 0) is 4.79 Å². The summed E-state index contributed by atoms with van der Waals surface area (Å²) >= 11 is 1.98. The predicted octanol–water partition coefficient (Wildman–Crippen LogP) is 0.630. The summed E-state index contributed by atoms with van der Waals surface area (Å²) in [5.74, 6) is 2.68. The molecule has 2 aliphatic rings. The molecule has 0 radical (unpaired) electrons. The van der Waals surface area contributed by atoms with Gasteiger partial charge in [0, 0.05) is 24.1 Å². The third kappa shape index (κ3) is 0.926. The standard InChI is InChI=1S/C7H11NOS/c9-6-3-7(4-8-6)1-2-10-5-7/h1-5H2,(H,8,9). The Hall–Kier alpha value is -0.180. The van der Waals surface area contributed by atoms with E-state index in [1.807, 2.05) is 11.8 Å². The van der Waals surface area contributed by atoms with Gasteiger partial charge in [0.2, 0.25) is 5.91 Å². The van der Waals surface area contributed by atoms with Crippen LogP contribution in [0.2, 0.25) is 0 Å². The van der Waals surface area contributed by atoms with Gasteiger partial charge in [-0.3, -0.25) is 4.79 Å². The number of rotatable bonds is 0. The summed E-state index contributed by atoms with van der Waals surface area (Å²) in [4.78, 5) is 10.9. The van der Waals surface area contributed by atoms with E-state index in [4.69, 9.17) is 0 Å². The minimum absolute atomic E-state index is 0.252. The van der Waals surface area contributed by atoms with E-state index >= 15 is 0 Å². The Labute approximate surface area is 64.8 Å². The zero-order valence-corrected chi connectivity index (χ0v) is 6.67. The molecule has 2 aliphatic heterocycles. The number of hydrogen-bond donors (Lipinski definition) is 1. The van der Waals surface area contributed by atoms with Crippen molar-refractivity contribution in [2.75, 3.05) is 18.1 Å². The first-order valence-corrected chi connectivity index (χ1v) is 4.81. The molecule has 2 fully saturated rings. The minimum atomic E-state index is 0.252. The monoisotopic (exact) mass is 157 g/mol. The molecule has 1 N–H and O–H groups in total. The minimum Gasteiger partial charge on any atom is -0.355 e. The second kappa shape index (κ2) is 2.16. The van der Waals surface area contributed by atoms with Crippen LogP contribution in [-0.4, -0.2) is 24.0 Å². The van der Waals surface area contributed by atoms with Gasteiger partial charge in [0.25, 0.3) is 0 Å². The van der Waals surface area contributed by atoms with E-state index in [0.29, 0.717) is 5.41 Å². The lowest BCUT2D eigenvalue weighted by atomic mass is 9.87. The maximum Gasteiger partial charge on any atom is 0.220 e. The number of carbonyl (C=O) groups is 1. The highest BCUT2D eigenvalue weighted by molar-refractivity contribution is 7.99. The molecule has 2 heterocycles. The Bertz CT molecular complexity index is 163. The first-order valence-electron chi connectivity index (χ1n) is 3.65. The van der Waals surface area contributed by atoms with Crippen LogP contribution in [0.5, 0.6) is 0 Å². The second-order valence-corrected chi connectivity index (χ2v) is 4.36. The summed E-state index contributed by atoms with van der Waals surface area (Å²) in [7, 11) is 0. The van der Waals surface area contributed by atoms with Gasteiger partial charge < -0.3 is 5.32 Å². The van der Waals surface area contributed by atoms with E-state index in [1.165, 1.54) is 17.9 Å². The fourth-order valence-electron chi connectivity index (χ4n) is 1.68. The third-order valence-electron chi connectivity index (χ3n) is 2.38. The smallest absolute Gasteiger partial charge is 0.220 e. The number of hydrogen-bond acceptors (Lipinski definition) is 2. The highest BCUT2D eigenvalue weighted by Crippen LogP contribution is 2.40. The number of amides is 1. The largest absolute Gasteiger partial charge is 0.355 e. The number of nitrogens with one attached hydrogen (secondary N) is 1. The lowest BCUT2D eigenvalue weighted by molar-refractivity contribution is -0.119. The Kier molecular flexibility index (Phi) is 1.41. The van der Waals surface area contributed by atoms with Crippen LogP contribution in [0.4, 0.5) is 0 Å². The maximum atomic E-state index is 10.9. The Morgan fingerprint density at radius 2 is 2.50 bits per heavy atom. The molecule has 2 nitrogen and oxygen atoms in total. The Balaban J connectivity index is 2.09. The van der Waals surface area contributed by atoms with Crippen LogP contribution in [0.15, 0.2) is 0 Å². The van der Waals surface area contributed by atoms with Crippen LogP contribution < -0.4 is 5.32 Å². The van der Waals surface area contributed by atoms with Crippen LogP contribution in [0, 0.1) is 5.41 Å². The molecule has 0 aliphatic carbocycles. The summed E-state index contributed by atoms with van der Waals surface area (Å²) < 4.78 is 0. The van der Waals surface area contributed by atoms with Gasteiger partial charge in [-0.25, -0.2) is 0 Å². The normalized spacial score (nSPS) is 39.0. The van der Waals surface area contributed by atoms with Crippen molar-refractivity contribution in [3.8, 4) is 0 Å². The zero-order chi connectivity index (χ0) is 7.03. The van der Waals surface area contributed by atoms with Gasteiger partial charge in [-0.1, -0.05) is 0 Å². The molecule has 1 atom stereocenters. The molecule has 0 saturated carbocycles. The summed E-state index contributed by atoms with van der Waals surface area (Å²) in [6, 6.07) is 0. The predicted molar refractivity (Wildman–Crippen MR) is 42.0 cm³/mol. The average molecular weight is 157 g/mol. The fraction of sp³-hybridized carbons (Fsp3) is 0.857. The molecule has 1 unspecified atom stereocenters. The van der Waals surface area contributed by atoms with Crippen molar-refractivity contribution >= 4 is 17.7 Å². The van der Waals surface area contributed by atoms with Gasteiger partial charge in [-0.05, 0) is 12.2 Å². The van der Waals surface area contributed by atoms with E-state index in [2.05, 4.69) is 5.32 Å². The van der Waals surface area contributed by atoms with Gasteiger partial charge >= 0.3 is 0 Å². The highest BCUT2D eigenvalue weighted by atomic mass is 32.2. The van der Waals surface area contributed by atoms with E-state index in [0.717, 1.165) is 13.0 Å². The van der Waals surface area contributed by atoms with Gasteiger partial charge in [0.05, 0.1) is 0 Å². The average Bonchev–Trinajstić information content (AvgIpc) is 2.46. The molecular formula is C7H11NOS. The summed E-state index contributed by atoms with van der Waals surface area (Å²) in [6.45, 7) is 0.929. The summed E-state index contributed by atoms with van der Waals surface area (Å²) in [5.41, 5.74) is 0.363. The summed E-state index contributed by atoms with van der Waals surface area (Å²) in [5, 5.41) is 2.90. The SMILES string of the molecule is O=C1CC2(CCSC2)CN1. The van der Waals surface area contributed by atoms with E-state index < -0.39 is 0 Å². The van der Waals surface area contributed by atoms with Crippen LogP contribution in [0.25, 0.3) is 0 Å². The number of thioether (sulfide) groups is 1. The second-order valence-electron chi connectivity index (χ2n) is 3.26. The van der Waals surface area contributed by atoms with Gasteiger partial charge in [0.15, 0.2) is 0 Å². The lowest BCUT2D eigenvalue weighted by Gasteiger charge is -2.17. The molecular weight excluding hydrogens is 146 g/mol. The Morgan fingerprint density at radius 1 is 1.60 bits per heavy atom. The van der Waals surface area contributed by atoms with Crippen molar-refractivity contribution in [2.45, 2.75) is 12.8 Å². The van der Waals surface area contributed by atoms with E-state index in [1.54, 1.807) is 0 Å². The van der Waals surface area contributed by atoms with Crippen molar-refractivity contribution in [1.82, 2.24) is 5.32 Å². The first kappa shape index (κ1) is 6.53. The topological polar surface area (TPSA) is 29.1 Å². The Morgan fingerprint density at radius 3 is 3.00 bits per heavy atom. The fourth-order valence-corrected chi connectivity index (χ4v) is 3.18. The molecule has 0 aromatic heterocycles. The molecule has 0 bridgehead atoms. The molecule has 2 rings (SSSR count). The number of carbonyl (C=O) groups excluding carboxylic acids is 1. The van der Waals surface area contributed by atoms with Crippen molar-refractivity contribution in [1.29, 1.82) is 0 Å². The van der Waals surface area contributed by atoms with E-state index in [-0.39, 0.29) is 5.91 Å². The van der Waals surface area contributed by atoms with Crippen molar-refractivity contribution in [2.24, 2.45) is 5.41 Å². The van der Waals surface area contributed by atoms with Crippen molar-refractivity contribution in [3.63, 3.8) is 0 Å². The molecule has 10 heavy (non-hydrogen) atoms. The van der Waals surface area contributed by atoms with Crippen molar-refractivity contribution < 1.29 is 4.79 Å². The summed E-state index contributed by atoms with van der Waals surface area (Å²) in [6.07, 6.45) is 2.01. The lowest BCUT2D eigenvalue weighted by Crippen LogP contribution is -2.22. The van der Waals surface area contributed by atoms with Crippen LogP contribution >= 0.6 is 11.8 Å². The molecule has 2 saturated heterocycles. The molecule has 3 heteroatoms. The third-order valence-corrected chi connectivity index (χ3v) is 3.69. The van der Waals surface area contributed by atoms with Gasteiger partial charge in [0.1, 0.15) is 0 Å². The molecule has 0 aromatic rings. The van der Waals surface area contributed by atoms with Crippen LogP contribution in [0.3, 0.4) is 0 Å². The molecule has 56 valence electrons. The zero-order valence-electron chi connectivity index (χ0n) is 5.85. The quantitative estimate of drug-likeness (QED) is 0.559.